The van der Waals surface area contributed by atoms with Gasteiger partial charge in [0, 0.05) is 26.1 Å². The summed E-state index contributed by atoms with van der Waals surface area (Å²) in [6, 6.07) is 12.2. The quantitative estimate of drug-likeness (QED) is 0.787. The molecule has 3 aromatic rings. The van der Waals surface area contributed by atoms with E-state index in [2.05, 4.69) is 34.2 Å². The van der Waals surface area contributed by atoms with Gasteiger partial charge in [-0.25, -0.2) is 4.98 Å². The summed E-state index contributed by atoms with van der Waals surface area (Å²) in [5.41, 5.74) is 4.99. The van der Waals surface area contributed by atoms with Crippen molar-refractivity contribution in [1.82, 2.24) is 14.9 Å². The highest BCUT2D eigenvalue weighted by molar-refractivity contribution is 5.99. The van der Waals surface area contributed by atoms with Crippen molar-refractivity contribution < 1.29 is 9.53 Å². The number of hydrogen-bond acceptors (Lipinski definition) is 3. The second-order valence-electron chi connectivity index (χ2n) is 7.14. The molecule has 1 unspecified atom stereocenters. The van der Waals surface area contributed by atoms with Crippen molar-refractivity contribution in [2.75, 3.05) is 14.1 Å². The second kappa shape index (κ2) is 6.48. The van der Waals surface area contributed by atoms with Gasteiger partial charge in [0.1, 0.15) is 23.2 Å². The fourth-order valence-corrected chi connectivity index (χ4v) is 3.63. The number of H-pyrrole nitrogens is 1. The van der Waals surface area contributed by atoms with Crippen molar-refractivity contribution in [3.05, 3.63) is 58.9 Å². The number of aromatic amines is 1. The molecule has 1 heterocycles. The van der Waals surface area contributed by atoms with Crippen LogP contribution in [0.2, 0.25) is 0 Å². The number of amides is 1. The van der Waals surface area contributed by atoms with E-state index in [9.17, 15) is 4.79 Å². The molecule has 1 atom stereocenters. The molecular formula is C21H23N3O2. The summed E-state index contributed by atoms with van der Waals surface area (Å²) in [6.07, 6.45) is 2.95. The Kier molecular flexibility index (Phi) is 4.15. The monoisotopic (exact) mass is 349 g/mol. The van der Waals surface area contributed by atoms with Gasteiger partial charge in [0.05, 0.1) is 5.52 Å². The standard InChI is InChI=1S/C21H23N3O2/c1-13-22-18-11-16(21(25)24(2)3)12-19(20(18)23-13)26-17-9-8-14-6-4-5-7-15(14)10-17/h4-7,11-12,17H,8-10H2,1-3H3,(H,22,23). The van der Waals surface area contributed by atoms with E-state index in [-0.39, 0.29) is 12.0 Å². The summed E-state index contributed by atoms with van der Waals surface area (Å²) in [4.78, 5) is 21.8. The van der Waals surface area contributed by atoms with Crippen LogP contribution in [0.15, 0.2) is 36.4 Å². The molecule has 1 N–H and O–H groups in total. The highest BCUT2D eigenvalue weighted by Crippen LogP contribution is 2.30. The number of aromatic nitrogens is 2. The van der Waals surface area contributed by atoms with Gasteiger partial charge in [-0.05, 0) is 43.0 Å². The zero-order valence-corrected chi connectivity index (χ0v) is 15.4. The SMILES string of the molecule is Cc1nc2c(OC3CCc4ccccc4C3)cc(C(=O)N(C)C)cc2[nH]1. The lowest BCUT2D eigenvalue weighted by Gasteiger charge is -2.26. The third-order valence-electron chi connectivity index (χ3n) is 4.92. The summed E-state index contributed by atoms with van der Waals surface area (Å²) in [5, 5.41) is 0. The first-order chi connectivity index (χ1) is 12.5. The van der Waals surface area contributed by atoms with Gasteiger partial charge in [-0.2, -0.15) is 0 Å². The number of nitrogens with one attached hydrogen (secondary N) is 1. The fourth-order valence-electron chi connectivity index (χ4n) is 3.63. The maximum Gasteiger partial charge on any atom is 0.253 e. The molecule has 0 saturated heterocycles. The van der Waals surface area contributed by atoms with E-state index in [0.29, 0.717) is 11.3 Å². The number of fused-ring (bicyclic) bond motifs is 2. The summed E-state index contributed by atoms with van der Waals surface area (Å²) in [6.45, 7) is 1.91. The summed E-state index contributed by atoms with van der Waals surface area (Å²) in [7, 11) is 3.51. The Hall–Kier alpha value is -2.82. The van der Waals surface area contributed by atoms with E-state index in [1.54, 1.807) is 19.0 Å². The summed E-state index contributed by atoms with van der Waals surface area (Å²) in [5.74, 6) is 1.45. The van der Waals surface area contributed by atoms with Crippen LogP contribution < -0.4 is 4.74 Å². The Morgan fingerprint density at radius 2 is 2.00 bits per heavy atom. The summed E-state index contributed by atoms with van der Waals surface area (Å²) < 4.78 is 6.36. The Morgan fingerprint density at radius 3 is 2.77 bits per heavy atom. The van der Waals surface area contributed by atoms with Crippen molar-refractivity contribution in [2.45, 2.75) is 32.3 Å². The lowest BCUT2D eigenvalue weighted by molar-refractivity contribution is 0.0827. The number of carbonyl (C=O) groups excluding carboxylic acids is 1. The number of ether oxygens (including phenoxy) is 1. The van der Waals surface area contributed by atoms with E-state index in [0.717, 1.165) is 36.1 Å². The molecule has 5 heteroatoms. The fraction of sp³-hybridized carbons (Fsp3) is 0.333. The van der Waals surface area contributed by atoms with Crippen LogP contribution in [0.5, 0.6) is 5.75 Å². The smallest absolute Gasteiger partial charge is 0.253 e. The van der Waals surface area contributed by atoms with Gasteiger partial charge in [0.15, 0.2) is 0 Å². The highest BCUT2D eigenvalue weighted by atomic mass is 16.5. The van der Waals surface area contributed by atoms with Gasteiger partial charge >= 0.3 is 0 Å². The maximum atomic E-state index is 12.4. The van der Waals surface area contributed by atoms with E-state index >= 15 is 0 Å². The molecule has 5 nitrogen and oxygen atoms in total. The number of carbonyl (C=O) groups is 1. The number of benzene rings is 2. The Bertz CT molecular complexity index is 975. The molecule has 2 aromatic carbocycles. The zero-order valence-electron chi connectivity index (χ0n) is 15.4. The van der Waals surface area contributed by atoms with E-state index in [1.165, 1.54) is 11.1 Å². The largest absolute Gasteiger partial charge is 0.488 e. The van der Waals surface area contributed by atoms with Crippen molar-refractivity contribution in [3.8, 4) is 5.75 Å². The highest BCUT2D eigenvalue weighted by Gasteiger charge is 2.22. The molecule has 1 aromatic heterocycles. The van der Waals surface area contributed by atoms with Crippen molar-refractivity contribution >= 4 is 16.9 Å². The topological polar surface area (TPSA) is 58.2 Å². The molecule has 0 spiro atoms. The third-order valence-corrected chi connectivity index (χ3v) is 4.92. The lowest BCUT2D eigenvalue weighted by atomic mass is 9.90. The minimum absolute atomic E-state index is 0.0435. The van der Waals surface area contributed by atoms with Crippen LogP contribution in [-0.4, -0.2) is 41.0 Å². The average molecular weight is 349 g/mol. The first kappa shape index (κ1) is 16.6. The first-order valence-electron chi connectivity index (χ1n) is 8.96. The molecular weight excluding hydrogens is 326 g/mol. The van der Waals surface area contributed by atoms with E-state index in [4.69, 9.17) is 4.74 Å². The van der Waals surface area contributed by atoms with E-state index < -0.39 is 0 Å². The zero-order chi connectivity index (χ0) is 18.3. The first-order valence-corrected chi connectivity index (χ1v) is 8.96. The molecule has 134 valence electrons. The minimum Gasteiger partial charge on any atom is -0.488 e. The molecule has 1 aliphatic carbocycles. The lowest BCUT2D eigenvalue weighted by Crippen LogP contribution is -2.26. The van der Waals surface area contributed by atoms with Crippen molar-refractivity contribution in [3.63, 3.8) is 0 Å². The number of hydrogen-bond donors (Lipinski definition) is 1. The molecule has 0 aliphatic heterocycles. The van der Waals surface area contributed by atoms with Crippen LogP contribution in [0, 0.1) is 6.92 Å². The predicted molar refractivity (Wildman–Crippen MR) is 102 cm³/mol. The normalized spacial score (nSPS) is 16.3. The van der Waals surface area contributed by atoms with Crippen LogP contribution in [0.25, 0.3) is 11.0 Å². The second-order valence-corrected chi connectivity index (χ2v) is 7.14. The van der Waals surface area contributed by atoms with Gasteiger partial charge in [-0.3, -0.25) is 4.79 Å². The third kappa shape index (κ3) is 3.05. The van der Waals surface area contributed by atoms with Crippen LogP contribution in [0.4, 0.5) is 0 Å². The van der Waals surface area contributed by atoms with Gasteiger partial charge in [0.2, 0.25) is 0 Å². The number of nitrogens with zero attached hydrogens (tertiary/aromatic N) is 2. The molecule has 0 fully saturated rings. The van der Waals surface area contributed by atoms with Gasteiger partial charge in [-0.15, -0.1) is 0 Å². The molecule has 4 rings (SSSR count). The number of imidazole rings is 1. The van der Waals surface area contributed by atoms with Gasteiger partial charge in [-0.1, -0.05) is 24.3 Å². The molecule has 0 radical (unpaired) electrons. The predicted octanol–water partition coefficient (Wildman–Crippen LogP) is 3.51. The Labute approximate surface area is 153 Å². The summed E-state index contributed by atoms with van der Waals surface area (Å²) >= 11 is 0. The average Bonchev–Trinajstić information content (AvgIpc) is 3.01. The van der Waals surface area contributed by atoms with Crippen LogP contribution in [0.1, 0.15) is 33.7 Å². The molecule has 1 aliphatic rings. The minimum atomic E-state index is -0.0435. The molecule has 1 amide bonds. The van der Waals surface area contributed by atoms with Crippen LogP contribution in [0.3, 0.4) is 0 Å². The van der Waals surface area contributed by atoms with Crippen LogP contribution >= 0.6 is 0 Å². The van der Waals surface area contributed by atoms with Crippen molar-refractivity contribution in [2.24, 2.45) is 0 Å². The molecule has 0 bridgehead atoms. The van der Waals surface area contributed by atoms with Gasteiger partial charge in [0.25, 0.3) is 5.91 Å². The van der Waals surface area contributed by atoms with Crippen molar-refractivity contribution in [1.29, 1.82) is 0 Å². The Balaban J connectivity index is 1.68. The molecule has 0 saturated carbocycles. The number of rotatable bonds is 3. The van der Waals surface area contributed by atoms with E-state index in [1.807, 2.05) is 19.1 Å². The molecule has 26 heavy (non-hydrogen) atoms. The van der Waals surface area contributed by atoms with Crippen LogP contribution in [-0.2, 0) is 12.8 Å². The Morgan fingerprint density at radius 1 is 1.23 bits per heavy atom. The number of aryl methyl sites for hydroxylation is 2. The van der Waals surface area contributed by atoms with Gasteiger partial charge < -0.3 is 14.6 Å². The maximum absolute atomic E-state index is 12.4.